The standard InChI is InChI=1S/C15H15ClO/c1-15(2,17)12-9-7-11(8-10-12)13-5-3-4-6-14(13)16/h3-10,17H,1-2H3. The molecule has 0 unspecified atom stereocenters. The van der Waals surface area contributed by atoms with E-state index in [9.17, 15) is 5.11 Å². The molecule has 0 aliphatic rings. The van der Waals surface area contributed by atoms with Crippen LogP contribution in [0.3, 0.4) is 0 Å². The smallest absolute Gasteiger partial charge is 0.0840 e. The molecule has 2 rings (SSSR count). The maximum Gasteiger partial charge on any atom is 0.0840 e. The SMILES string of the molecule is CC(C)(O)c1ccc(-c2ccccc2Cl)cc1. The van der Waals surface area contributed by atoms with Gasteiger partial charge in [0.1, 0.15) is 0 Å². The third-order valence-electron chi connectivity index (χ3n) is 2.78. The highest BCUT2D eigenvalue weighted by Gasteiger charge is 2.15. The zero-order valence-electron chi connectivity index (χ0n) is 9.94. The summed E-state index contributed by atoms with van der Waals surface area (Å²) < 4.78 is 0. The van der Waals surface area contributed by atoms with Crippen LogP contribution < -0.4 is 0 Å². The van der Waals surface area contributed by atoms with Crippen LogP contribution in [0.1, 0.15) is 19.4 Å². The summed E-state index contributed by atoms with van der Waals surface area (Å²) in [6.07, 6.45) is 0. The summed E-state index contributed by atoms with van der Waals surface area (Å²) in [4.78, 5) is 0. The molecule has 0 saturated heterocycles. The zero-order valence-corrected chi connectivity index (χ0v) is 10.7. The van der Waals surface area contributed by atoms with Crippen molar-refractivity contribution in [2.24, 2.45) is 0 Å². The summed E-state index contributed by atoms with van der Waals surface area (Å²) in [6, 6.07) is 15.6. The van der Waals surface area contributed by atoms with Gasteiger partial charge in [-0.2, -0.15) is 0 Å². The van der Waals surface area contributed by atoms with Crippen molar-refractivity contribution in [1.82, 2.24) is 0 Å². The fraction of sp³-hybridized carbons (Fsp3) is 0.200. The number of benzene rings is 2. The average Bonchev–Trinajstić information content (AvgIpc) is 2.29. The summed E-state index contributed by atoms with van der Waals surface area (Å²) in [6.45, 7) is 3.55. The minimum atomic E-state index is -0.807. The first-order chi connectivity index (χ1) is 7.98. The summed E-state index contributed by atoms with van der Waals surface area (Å²) in [7, 11) is 0. The van der Waals surface area contributed by atoms with Crippen molar-refractivity contribution >= 4 is 11.6 Å². The third-order valence-corrected chi connectivity index (χ3v) is 3.11. The second-order valence-electron chi connectivity index (χ2n) is 4.62. The van der Waals surface area contributed by atoms with Crippen LogP contribution in [0.15, 0.2) is 48.5 Å². The Morgan fingerprint density at radius 2 is 1.53 bits per heavy atom. The Labute approximate surface area is 107 Å². The summed E-state index contributed by atoms with van der Waals surface area (Å²) in [5, 5.41) is 10.6. The van der Waals surface area contributed by atoms with Gasteiger partial charge in [-0.3, -0.25) is 0 Å². The minimum Gasteiger partial charge on any atom is -0.386 e. The molecule has 0 aromatic heterocycles. The Morgan fingerprint density at radius 1 is 0.941 bits per heavy atom. The molecule has 2 aromatic rings. The lowest BCUT2D eigenvalue weighted by molar-refractivity contribution is 0.0786. The predicted octanol–water partition coefficient (Wildman–Crippen LogP) is 4.23. The quantitative estimate of drug-likeness (QED) is 0.841. The molecule has 1 N–H and O–H groups in total. The molecule has 0 amide bonds. The molecule has 0 aliphatic carbocycles. The van der Waals surface area contributed by atoms with Gasteiger partial charge in [-0.05, 0) is 31.0 Å². The number of hydrogen-bond donors (Lipinski definition) is 1. The monoisotopic (exact) mass is 246 g/mol. The van der Waals surface area contributed by atoms with Crippen molar-refractivity contribution in [3.8, 4) is 11.1 Å². The van der Waals surface area contributed by atoms with E-state index in [-0.39, 0.29) is 0 Å². The normalized spacial score (nSPS) is 11.5. The number of halogens is 1. The van der Waals surface area contributed by atoms with Crippen molar-refractivity contribution in [2.45, 2.75) is 19.4 Å². The number of rotatable bonds is 2. The first kappa shape index (κ1) is 12.2. The van der Waals surface area contributed by atoms with Gasteiger partial charge in [-0.25, -0.2) is 0 Å². The van der Waals surface area contributed by atoms with Gasteiger partial charge >= 0.3 is 0 Å². The van der Waals surface area contributed by atoms with E-state index < -0.39 is 5.60 Å². The Balaban J connectivity index is 2.40. The molecule has 0 spiro atoms. The van der Waals surface area contributed by atoms with Crippen LogP contribution in [-0.4, -0.2) is 5.11 Å². The largest absolute Gasteiger partial charge is 0.386 e. The van der Waals surface area contributed by atoms with Crippen molar-refractivity contribution in [2.75, 3.05) is 0 Å². The van der Waals surface area contributed by atoms with Gasteiger partial charge in [-0.15, -0.1) is 0 Å². The zero-order chi connectivity index (χ0) is 12.5. The molecule has 0 atom stereocenters. The van der Waals surface area contributed by atoms with E-state index in [1.54, 1.807) is 13.8 Å². The highest BCUT2D eigenvalue weighted by atomic mass is 35.5. The van der Waals surface area contributed by atoms with Crippen molar-refractivity contribution in [3.63, 3.8) is 0 Å². The topological polar surface area (TPSA) is 20.2 Å². The molecule has 88 valence electrons. The van der Waals surface area contributed by atoms with Crippen LogP contribution in [0.4, 0.5) is 0 Å². The Morgan fingerprint density at radius 3 is 2.06 bits per heavy atom. The Kier molecular flexibility index (Phi) is 3.23. The molecule has 0 radical (unpaired) electrons. The van der Waals surface area contributed by atoms with Crippen molar-refractivity contribution in [3.05, 3.63) is 59.1 Å². The molecule has 0 fully saturated rings. The van der Waals surface area contributed by atoms with E-state index in [4.69, 9.17) is 11.6 Å². The summed E-state index contributed by atoms with van der Waals surface area (Å²) >= 11 is 6.14. The molecular formula is C15H15ClO. The molecule has 2 heteroatoms. The molecule has 17 heavy (non-hydrogen) atoms. The maximum absolute atomic E-state index is 9.88. The summed E-state index contributed by atoms with van der Waals surface area (Å²) in [5.41, 5.74) is 2.16. The van der Waals surface area contributed by atoms with Crippen LogP contribution in [0.2, 0.25) is 5.02 Å². The van der Waals surface area contributed by atoms with E-state index in [1.165, 1.54) is 0 Å². The fourth-order valence-electron chi connectivity index (χ4n) is 1.75. The first-order valence-corrected chi connectivity index (χ1v) is 5.94. The Bertz CT molecular complexity index is 509. The third kappa shape index (κ3) is 2.68. The van der Waals surface area contributed by atoms with Gasteiger partial charge in [-0.1, -0.05) is 54.1 Å². The number of hydrogen-bond acceptors (Lipinski definition) is 1. The van der Waals surface area contributed by atoms with Gasteiger partial charge in [0.25, 0.3) is 0 Å². The van der Waals surface area contributed by atoms with Crippen molar-refractivity contribution < 1.29 is 5.11 Å². The highest BCUT2D eigenvalue weighted by molar-refractivity contribution is 6.33. The number of aliphatic hydroxyl groups is 1. The lowest BCUT2D eigenvalue weighted by Gasteiger charge is -2.18. The molecule has 0 bridgehead atoms. The Hall–Kier alpha value is -1.31. The van der Waals surface area contributed by atoms with Gasteiger partial charge in [0.15, 0.2) is 0 Å². The molecule has 2 aromatic carbocycles. The highest BCUT2D eigenvalue weighted by Crippen LogP contribution is 2.29. The van der Waals surface area contributed by atoms with Crippen LogP contribution in [0.5, 0.6) is 0 Å². The molecule has 0 heterocycles. The predicted molar refractivity (Wildman–Crippen MR) is 72.1 cm³/mol. The molecular weight excluding hydrogens is 232 g/mol. The van der Waals surface area contributed by atoms with E-state index in [0.717, 1.165) is 21.7 Å². The average molecular weight is 247 g/mol. The second kappa shape index (κ2) is 4.52. The second-order valence-corrected chi connectivity index (χ2v) is 5.02. The van der Waals surface area contributed by atoms with Gasteiger partial charge < -0.3 is 5.11 Å². The van der Waals surface area contributed by atoms with E-state index >= 15 is 0 Å². The van der Waals surface area contributed by atoms with Gasteiger partial charge in [0.2, 0.25) is 0 Å². The van der Waals surface area contributed by atoms with Gasteiger partial charge in [0.05, 0.1) is 5.60 Å². The van der Waals surface area contributed by atoms with E-state index in [0.29, 0.717) is 0 Å². The lowest BCUT2D eigenvalue weighted by Crippen LogP contribution is -2.14. The summed E-state index contributed by atoms with van der Waals surface area (Å²) in [5.74, 6) is 0. The molecule has 0 saturated carbocycles. The van der Waals surface area contributed by atoms with Crippen molar-refractivity contribution in [1.29, 1.82) is 0 Å². The maximum atomic E-state index is 9.88. The molecule has 1 nitrogen and oxygen atoms in total. The van der Waals surface area contributed by atoms with Crippen LogP contribution in [-0.2, 0) is 5.60 Å². The fourth-order valence-corrected chi connectivity index (χ4v) is 2.00. The van der Waals surface area contributed by atoms with E-state index in [1.807, 2.05) is 48.5 Å². The van der Waals surface area contributed by atoms with E-state index in [2.05, 4.69) is 0 Å². The lowest BCUT2D eigenvalue weighted by atomic mass is 9.95. The minimum absolute atomic E-state index is 0.739. The van der Waals surface area contributed by atoms with Crippen LogP contribution in [0.25, 0.3) is 11.1 Å². The van der Waals surface area contributed by atoms with Crippen LogP contribution >= 0.6 is 11.6 Å². The molecule has 0 aliphatic heterocycles. The van der Waals surface area contributed by atoms with Gasteiger partial charge in [0, 0.05) is 10.6 Å². The van der Waals surface area contributed by atoms with Crippen LogP contribution in [0, 0.1) is 0 Å². The first-order valence-electron chi connectivity index (χ1n) is 5.56.